The van der Waals surface area contributed by atoms with Gasteiger partial charge in [0.25, 0.3) is 0 Å². The summed E-state index contributed by atoms with van der Waals surface area (Å²) in [6, 6.07) is 7.54. The third-order valence-electron chi connectivity index (χ3n) is 2.80. The third kappa shape index (κ3) is 3.39. The summed E-state index contributed by atoms with van der Waals surface area (Å²) in [7, 11) is 0. The number of benzene rings is 1. The fourth-order valence-electron chi connectivity index (χ4n) is 1.73. The van der Waals surface area contributed by atoms with Gasteiger partial charge in [-0.1, -0.05) is 26.0 Å². The molecule has 0 unspecified atom stereocenters. The Labute approximate surface area is 91.5 Å². The van der Waals surface area contributed by atoms with Crippen molar-refractivity contribution in [3.8, 4) is 0 Å². The van der Waals surface area contributed by atoms with Crippen molar-refractivity contribution in [2.24, 2.45) is 5.92 Å². The lowest BCUT2D eigenvalue weighted by atomic mass is 9.93. The Bertz CT molecular complexity index is 312. The first-order valence-corrected chi connectivity index (χ1v) is 5.54. The molecular weight excluding hydrogens is 186 g/mol. The summed E-state index contributed by atoms with van der Waals surface area (Å²) in [4.78, 5) is 11.8. The summed E-state index contributed by atoms with van der Waals surface area (Å²) in [5, 5.41) is 0. The van der Waals surface area contributed by atoms with E-state index in [4.69, 9.17) is 5.73 Å². The number of Topliss-reactive ketones (excluding diaryl/α,β-unsaturated/α-hetero) is 1. The van der Waals surface area contributed by atoms with Crippen LogP contribution in [0.25, 0.3) is 0 Å². The van der Waals surface area contributed by atoms with Gasteiger partial charge in [0.2, 0.25) is 0 Å². The van der Waals surface area contributed by atoms with Crippen LogP contribution in [0.15, 0.2) is 24.3 Å². The zero-order chi connectivity index (χ0) is 11.3. The van der Waals surface area contributed by atoms with E-state index in [2.05, 4.69) is 13.8 Å². The number of carbonyl (C=O) groups is 1. The summed E-state index contributed by atoms with van der Waals surface area (Å²) in [5.74, 6) is 0.548. The van der Waals surface area contributed by atoms with Crippen LogP contribution in [-0.2, 0) is 11.2 Å². The molecule has 15 heavy (non-hydrogen) atoms. The Hall–Kier alpha value is -1.31. The summed E-state index contributed by atoms with van der Waals surface area (Å²) in [5.41, 5.74) is 7.39. The molecule has 0 spiro atoms. The van der Waals surface area contributed by atoms with Crippen molar-refractivity contribution in [1.82, 2.24) is 0 Å². The van der Waals surface area contributed by atoms with E-state index in [9.17, 15) is 4.79 Å². The van der Waals surface area contributed by atoms with Crippen molar-refractivity contribution in [3.63, 3.8) is 0 Å². The quantitative estimate of drug-likeness (QED) is 0.751. The average molecular weight is 205 g/mol. The average Bonchev–Trinajstić information content (AvgIpc) is 2.23. The maximum atomic E-state index is 11.8. The molecule has 0 amide bonds. The number of hydrogen-bond acceptors (Lipinski definition) is 2. The van der Waals surface area contributed by atoms with Gasteiger partial charge in [-0.3, -0.25) is 4.79 Å². The maximum Gasteiger partial charge on any atom is 0.140 e. The van der Waals surface area contributed by atoms with Crippen molar-refractivity contribution in [1.29, 1.82) is 0 Å². The number of rotatable bonds is 5. The molecule has 0 fully saturated rings. The molecular formula is C13H19NO. The number of hydrogen-bond donors (Lipinski definition) is 1. The Balaban J connectivity index is 2.61. The summed E-state index contributed by atoms with van der Waals surface area (Å²) in [6.45, 7) is 4.13. The first kappa shape index (κ1) is 11.8. The zero-order valence-electron chi connectivity index (χ0n) is 9.49. The molecule has 0 saturated carbocycles. The second kappa shape index (κ2) is 5.54. The van der Waals surface area contributed by atoms with Gasteiger partial charge in [0, 0.05) is 18.0 Å². The van der Waals surface area contributed by atoms with Gasteiger partial charge in [-0.15, -0.1) is 0 Å². The van der Waals surface area contributed by atoms with E-state index < -0.39 is 0 Å². The molecule has 2 N–H and O–H groups in total. The van der Waals surface area contributed by atoms with Gasteiger partial charge < -0.3 is 5.73 Å². The molecule has 0 radical (unpaired) electrons. The SMILES string of the molecule is CCC(CC)C(=O)Cc1ccc(N)cc1. The molecule has 0 heterocycles. The minimum Gasteiger partial charge on any atom is -0.399 e. The largest absolute Gasteiger partial charge is 0.399 e. The maximum absolute atomic E-state index is 11.8. The zero-order valence-corrected chi connectivity index (χ0v) is 9.49. The predicted octanol–water partition coefficient (Wildman–Crippen LogP) is 2.82. The van der Waals surface area contributed by atoms with E-state index >= 15 is 0 Å². The number of anilines is 1. The van der Waals surface area contributed by atoms with Crippen molar-refractivity contribution in [3.05, 3.63) is 29.8 Å². The monoisotopic (exact) mass is 205 g/mol. The molecule has 0 aromatic heterocycles. The molecule has 0 aliphatic heterocycles. The number of nitrogen functional groups attached to an aromatic ring is 1. The second-order valence-electron chi connectivity index (χ2n) is 3.90. The van der Waals surface area contributed by atoms with Gasteiger partial charge in [0.05, 0.1) is 0 Å². The summed E-state index contributed by atoms with van der Waals surface area (Å²) in [6.07, 6.45) is 2.40. The molecule has 0 saturated heterocycles. The summed E-state index contributed by atoms with van der Waals surface area (Å²) < 4.78 is 0. The van der Waals surface area contributed by atoms with Gasteiger partial charge in [-0.05, 0) is 30.5 Å². The van der Waals surface area contributed by atoms with Crippen LogP contribution in [0.2, 0.25) is 0 Å². The minimum atomic E-state index is 0.211. The van der Waals surface area contributed by atoms with E-state index in [0.717, 1.165) is 24.1 Å². The first-order valence-electron chi connectivity index (χ1n) is 5.54. The molecule has 82 valence electrons. The van der Waals surface area contributed by atoms with E-state index in [-0.39, 0.29) is 5.92 Å². The molecule has 1 aromatic rings. The summed E-state index contributed by atoms with van der Waals surface area (Å²) >= 11 is 0. The topological polar surface area (TPSA) is 43.1 Å². The first-order chi connectivity index (χ1) is 7.17. The van der Waals surface area contributed by atoms with Crippen LogP contribution in [0, 0.1) is 5.92 Å². The van der Waals surface area contributed by atoms with Gasteiger partial charge in [-0.2, -0.15) is 0 Å². The number of nitrogens with two attached hydrogens (primary N) is 1. The van der Waals surface area contributed by atoms with E-state index in [1.807, 2.05) is 24.3 Å². The highest BCUT2D eigenvalue weighted by Crippen LogP contribution is 2.14. The van der Waals surface area contributed by atoms with Crippen LogP contribution >= 0.6 is 0 Å². The van der Waals surface area contributed by atoms with Crippen LogP contribution in [0.1, 0.15) is 32.3 Å². The third-order valence-corrected chi connectivity index (χ3v) is 2.80. The van der Waals surface area contributed by atoms with Gasteiger partial charge in [-0.25, -0.2) is 0 Å². The number of ketones is 1. The van der Waals surface area contributed by atoms with Crippen molar-refractivity contribution in [2.45, 2.75) is 33.1 Å². The molecule has 2 heteroatoms. The predicted molar refractivity (Wildman–Crippen MR) is 63.6 cm³/mol. The molecule has 1 aromatic carbocycles. The highest BCUT2D eigenvalue weighted by atomic mass is 16.1. The van der Waals surface area contributed by atoms with Crippen LogP contribution in [0.5, 0.6) is 0 Å². The minimum absolute atomic E-state index is 0.211. The van der Waals surface area contributed by atoms with Crippen LogP contribution < -0.4 is 5.73 Å². The fourth-order valence-corrected chi connectivity index (χ4v) is 1.73. The normalized spacial score (nSPS) is 10.6. The molecule has 2 nitrogen and oxygen atoms in total. The van der Waals surface area contributed by atoms with E-state index in [0.29, 0.717) is 12.2 Å². The second-order valence-corrected chi connectivity index (χ2v) is 3.90. The van der Waals surface area contributed by atoms with Crippen LogP contribution in [-0.4, -0.2) is 5.78 Å². The molecule has 0 atom stereocenters. The van der Waals surface area contributed by atoms with Crippen LogP contribution in [0.3, 0.4) is 0 Å². The molecule has 0 bridgehead atoms. The highest BCUT2D eigenvalue weighted by molar-refractivity contribution is 5.83. The highest BCUT2D eigenvalue weighted by Gasteiger charge is 2.14. The van der Waals surface area contributed by atoms with Crippen molar-refractivity contribution in [2.75, 3.05) is 5.73 Å². The molecule has 0 aliphatic rings. The molecule has 1 rings (SSSR count). The molecule has 0 aliphatic carbocycles. The van der Waals surface area contributed by atoms with Gasteiger partial charge in [0.1, 0.15) is 5.78 Å². The van der Waals surface area contributed by atoms with E-state index in [1.54, 1.807) is 0 Å². The van der Waals surface area contributed by atoms with E-state index in [1.165, 1.54) is 0 Å². The fraction of sp³-hybridized carbons (Fsp3) is 0.462. The van der Waals surface area contributed by atoms with Crippen LogP contribution in [0.4, 0.5) is 5.69 Å². The standard InChI is InChI=1S/C13H19NO/c1-3-11(4-2)13(15)9-10-5-7-12(14)8-6-10/h5-8,11H,3-4,9,14H2,1-2H3. The van der Waals surface area contributed by atoms with Gasteiger partial charge in [0.15, 0.2) is 0 Å². The smallest absolute Gasteiger partial charge is 0.140 e. The Morgan fingerprint density at radius 3 is 2.20 bits per heavy atom. The Kier molecular flexibility index (Phi) is 4.35. The number of carbonyl (C=O) groups excluding carboxylic acids is 1. The lowest BCUT2D eigenvalue weighted by Gasteiger charge is -2.10. The lowest BCUT2D eigenvalue weighted by molar-refractivity contribution is -0.122. The van der Waals surface area contributed by atoms with Crippen molar-refractivity contribution >= 4 is 11.5 Å². The Morgan fingerprint density at radius 2 is 1.73 bits per heavy atom. The Morgan fingerprint density at radius 1 is 1.20 bits per heavy atom. The van der Waals surface area contributed by atoms with Crippen molar-refractivity contribution < 1.29 is 4.79 Å². The lowest BCUT2D eigenvalue weighted by Crippen LogP contribution is -2.15. The van der Waals surface area contributed by atoms with Gasteiger partial charge >= 0.3 is 0 Å².